The monoisotopic (exact) mass is 231 g/mol. The highest BCUT2D eigenvalue weighted by molar-refractivity contribution is 5.31. The van der Waals surface area contributed by atoms with Crippen LogP contribution in [0.25, 0.3) is 0 Å². The van der Waals surface area contributed by atoms with E-state index in [0.717, 1.165) is 0 Å². The molecule has 1 N–H and O–H groups in total. The van der Waals surface area contributed by atoms with Crippen molar-refractivity contribution in [3.05, 3.63) is 23.3 Å². The Balaban J connectivity index is 3.37. The molecule has 0 fully saturated rings. The summed E-state index contributed by atoms with van der Waals surface area (Å²) in [5, 5.41) is 8.67. The van der Waals surface area contributed by atoms with E-state index in [4.69, 9.17) is 5.11 Å². The average Bonchev–Trinajstić information content (AvgIpc) is 2.00. The van der Waals surface area contributed by atoms with Crippen LogP contribution < -0.4 is 0 Å². The molecule has 0 spiro atoms. The van der Waals surface area contributed by atoms with E-state index in [1.807, 2.05) is 0 Å². The smallest absolute Gasteiger partial charge is 0.437 e. The quantitative estimate of drug-likeness (QED) is 0.754. The molecular formula is C7H3F6NO. The highest BCUT2D eigenvalue weighted by Gasteiger charge is 2.37. The fourth-order valence-electron chi connectivity index (χ4n) is 0.855. The fourth-order valence-corrected chi connectivity index (χ4v) is 0.855. The molecule has 84 valence electrons. The Kier molecular flexibility index (Phi) is 2.78. The summed E-state index contributed by atoms with van der Waals surface area (Å²) in [6, 6.07) is -0.0443. The highest BCUT2D eigenvalue weighted by atomic mass is 19.4. The molecule has 0 amide bonds. The summed E-state index contributed by atoms with van der Waals surface area (Å²) in [6.07, 6.45) is -8.59. The van der Waals surface area contributed by atoms with Crippen LogP contribution >= 0.6 is 0 Å². The lowest BCUT2D eigenvalue weighted by Gasteiger charge is -2.10. The van der Waals surface area contributed by atoms with Crippen LogP contribution in [0, 0.1) is 5.82 Å². The van der Waals surface area contributed by atoms with Crippen LogP contribution in [0.4, 0.5) is 26.3 Å². The van der Waals surface area contributed by atoms with E-state index in [9.17, 15) is 26.3 Å². The molecule has 0 saturated carbocycles. The third-order valence-electron chi connectivity index (χ3n) is 1.46. The Morgan fingerprint density at radius 1 is 1.27 bits per heavy atom. The summed E-state index contributed by atoms with van der Waals surface area (Å²) >= 11 is 0. The van der Waals surface area contributed by atoms with Crippen LogP contribution in [-0.2, 0) is 6.18 Å². The Hall–Kier alpha value is -1.47. The summed E-state index contributed by atoms with van der Waals surface area (Å²) in [6.45, 7) is 0. The summed E-state index contributed by atoms with van der Waals surface area (Å²) in [5.41, 5.74) is -3.57. The molecule has 1 aromatic rings. The molecule has 1 rings (SSSR count). The van der Waals surface area contributed by atoms with Crippen LogP contribution in [0.15, 0.2) is 6.07 Å². The lowest BCUT2D eigenvalue weighted by Crippen LogP contribution is -2.11. The summed E-state index contributed by atoms with van der Waals surface area (Å²) in [7, 11) is 0. The van der Waals surface area contributed by atoms with Gasteiger partial charge in [-0.05, 0) is 0 Å². The molecule has 0 atom stereocenters. The van der Waals surface area contributed by atoms with Crippen LogP contribution in [-0.4, -0.2) is 10.1 Å². The van der Waals surface area contributed by atoms with Gasteiger partial charge in [0.05, 0.1) is 0 Å². The molecule has 0 radical (unpaired) electrons. The number of alkyl halides is 5. The first-order valence-corrected chi connectivity index (χ1v) is 3.48. The van der Waals surface area contributed by atoms with Crippen molar-refractivity contribution in [1.82, 2.24) is 4.98 Å². The van der Waals surface area contributed by atoms with E-state index < -0.39 is 35.6 Å². The van der Waals surface area contributed by atoms with Gasteiger partial charge in [0, 0.05) is 6.07 Å². The molecule has 8 heteroatoms. The van der Waals surface area contributed by atoms with Crippen molar-refractivity contribution in [1.29, 1.82) is 0 Å². The van der Waals surface area contributed by atoms with Gasteiger partial charge in [-0.25, -0.2) is 18.2 Å². The second-order valence-electron chi connectivity index (χ2n) is 2.52. The highest BCUT2D eigenvalue weighted by Crippen LogP contribution is 2.36. The zero-order valence-corrected chi connectivity index (χ0v) is 6.82. The summed E-state index contributed by atoms with van der Waals surface area (Å²) in [4.78, 5) is 2.34. The number of nitrogens with zero attached hydrogens (tertiary/aromatic N) is 1. The van der Waals surface area contributed by atoms with Gasteiger partial charge in [0.15, 0.2) is 11.5 Å². The Labute approximate surface area is 79.2 Å². The van der Waals surface area contributed by atoms with E-state index in [1.165, 1.54) is 0 Å². The largest absolute Gasteiger partial charge is 0.506 e. The predicted molar refractivity (Wildman–Crippen MR) is 35.8 cm³/mol. The Morgan fingerprint density at radius 2 is 1.80 bits per heavy atom. The van der Waals surface area contributed by atoms with E-state index in [2.05, 4.69) is 4.98 Å². The number of halogens is 6. The summed E-state index contributed by atoms with van der Waals surface area (Å²) in [5.74, 6) is -3.21. The minimum atomic E-state index is -5.11. The minimum absolute atomic E-state index is 0.0443. The maximum absolute atomic E-state index is 12.6. The topological polar surface area (TPSA) is 33.1 Å². The van der Waals surface area contributed by atoms with Crippen molar-refractivity contribution in [2.45, 2.75) is 12.6 Å². The molecule has 0 aliphatic carbocycles. The van der Waals surface area contributed by atoms with E-state index in [1.54, 1.807) is 0 Å². The predicted octanol–water partition coefficient (Wildman–Crippen LogP) is 2.88. The molecule has 0 aliphatic heterocycles. The number of hydrogen-bond donors (Lipinski definition) is 1. The molecule has 0 aromatic carbocycles. The van der Waals surface area contributed by atoms with Crippen LogP contribution in [0.3, 0.4) is 0 Å². The second kappa shape index (κ2) is 3.59. The van der Waals surface area contributed by atoms with Gasteiger partial charge in [-0.15, -0.1) is 0 Å². The Bertz CT molecular complexity index is 374. The molecule has 0 saturated heterocycles. The van der Waals surface area contributed by atoms with Crippen LogP contribution in [0.1, 0.15) is 17.8 Å². The van der Waals surface area contributed by atoms with Crippen molar-refractivity contribution < 1.29 is 31.4 Å². The van der Waals surface area contributed by atoms with E-state index in [-0.39, 0.29) is 6.07 Å². The van der Waals surface area contributed by atoms with Gasteiger partial charge >= 0.3 is 6.18 Å². The number of hydrogen-bond acceptors (Lipinski definition) is 2. The van der Waals surface area contributed by atoms with Crippen molar-refractivity contribution in [2.75, 3.05) is 0 Å². The summed E-state index contributed by atoms with van der Waals surface area (Å²) < 4.78 is 72.7. The van der Waals surface area contributed by atoms with E-state index in [0.29, 0.717) is 0 Å². The lowest BCUT2D eigenvalue weighted by atomic mass is 10.2. The number of aromatic nitrogens is 1. The maximum atomic E-state index is 12.6. The first kappa shape index (κ1) is 11.6. The second-order valence-corrected chi connectivity index (χ2v) is 2.52. The molecule has 0 bridgehead atoms. The van der Waals surface area contributed by atoms with Crippen molar-refractivity contribution in [2.24, 2.45) is 0 Å². The first-order chi connectivity index (χ1) is 6.73. The molecule has 0 unspecified atom stereocenters. The van der Waals surface area contributed by atoms with Gasteiger partial charge in [0.1, 0.15) is 11.4 Å². The number of aromatic hydroxyl groups is 1. The van der Waals surface area contributed by atoms with Gasteiger partial charge < -0.3 is 5.11 Å². The van der Waals surface area contributed by atoms with Crippen molar-refractivity contribution >= 4 is 0 Å². The van der Waals surface area contributed by atoms with E-state index >= 15 is 0 Å². The Morgan fingerprint density at radius 3 is 2.20 bits per heavy atom. The van der Waals surface area contributed by atoms with Crippen LogP contribution in [0.5, 0.6) is 5.75 Å². The van der Waals surface area contributed by atoms with Crippen molar-refractivity contribution in [3.8, 4) is 5.75 Å². The molecule has 2 nitrogen and oxygen atoms in total. The minimum Gasteiger partial charge on any atom is -0.506 e. The van der Waals surface area contributed by atoms with Gasteiger partial charge in [-0.2, -0.15) is 13.2 Å². The molecule has 15 heavy (non-hydrogen) atoms. The first-order valence-electron chi connectivity index (χ1n) is 3.48. The zero-order valence-electron chi connectivity index (χ0n) is 6.82. The fraction of sp³-hybridized carbons (Fsp3) is 0.286. The van der Waals surface area contributed by atoms with Gasteiger partial charge in [-0.1, -0.05) is 0 Å². The van der Waals surface area contributed by atoms with Crippen LogP contribution in [0.2, 0.25) is 0 Å². The van der Waals surface area contributed by atoms with Crippen molar-refractivity contribution in [3.63, 3.8) is 0 Å². The van der Waals surface area contributed by atoms with Gasteiger partial charge in [0.25, 0.3) is 6.43 Å². The third kappa shape index (κ3) is 2.31. The number of pyridine rings is 1. The normalized spacial score (nSPS) is 12.2. The molecule has 1 aromatic heterocycles. The zero-order chi connectivity index (χ0) is 11.8. The lowest BCUT2D eigenvalue weighted by molar-refractivity contribution is -0.142. The SMILES string of the molecule is Oc1cc(F)c(C(F)F)nc1C(F)(F)F. The molecular weight excluding hydrogens is 228 g/mol. The average molecular weight is 231 g/mol. The standard InChI is InChI=1S/C7H3F6NO/c8-2-1-3(15)5(7(11,12)13)14-4(2)6(9)10/h1,6,15H. The molecule has 0 aliphatic rings. The molecule has 1 heterocycles. The number of rotatable bonds is 1. The van der Waals surface area contributed by atoms with Gasteiger partial charge in [-0.3, -0.25) is 0 Å². The third-order valence-corrected chi connectivity index (χ3v) is 1.46. The van der Waals surface area contributed by atoms with Gasteiger partial charge in [0.2, 0.25) is 0 Å². The maximum Gasteiger partial charge on any atom is 0.437 e.